The van der Waals surface area contributed by atoms with Crippen molar-refractivity contribution in [2.75, 3.05) is 31.1 Å². The molecule has 4 aliphatic rings. The van der Waals surface area contributed by atoms with Gasteiger partial charge in [-0.2, -0.15) is 0 Å². The molecule has 0 unspecified atom stereocenters. The lowest BCUT2D eigenvalue weighted by Crippen LogP contribution is -2.40. The van der Waals surface area contributed by atoms with Crippen molar-refractivity contribution in [3.8, 4) is 0 Å². The highest BCUT2D eigenvalue weighted by molar-refractivity contribution is 7.19. The molecule has 10 rings (SSSR count). The molecule has 2 aromatic carbocycles. The summed E-state index contributed by atoms with van der Waals surface area (Å²) in [5.41, 5.74) is 4.28. The van der Waals surface area contributed by atoms with E-state index in [0.29, 0.717) is 33.0 Å². The van der Waals surface area contributed by atoms with Gasteiger partial charge in [0, 0.05) is 34.8 Å². The quantitative estimate of drug-likeness (QED) is 0.120. The molecule has 0 amide bonds. The number of carbonyl (C=O) groups is 2. The first kappa shape index (κ1) is 43.6. The third-order valence-electron chi connectivity index (χ3n) is 12.8. The average molecular weight is 868 g/mol. The predicted molar refractivity (Wildman–Crippen MR) is 244 cm³/mol. The first-order valence-corrected chi connectivity index (χ1v) is 22.8. The Labute approximate surface area is 365 Å². The number of carboxylic acids is 2. The molecule has 2 spiro atoms. The summed E-state index contributed by atoms with van der Waals surface area (Å²) in [6.07, 6.45) is 15.2. The Morgan fingerprint density at radius 3 is 1.77 bits per heavy atom. The van der Waals surface area contributed by atoms with Gasteiger partial charge in [-0.15, -0.1) is 22.7 Å². The summed E-state index contributed by atoms with van der Waals surface area (Å²) in [6, 6.07) is 19.0. The van der Waals surface area contributed by atoms with Crippen molar-refractivity contribution in [2.24, 2.45) is 22.7 Å². The summed E-state index contributed by atoms with van der Waals surface area (Å²) in [6.45, 7) is 8.84. The number of rotatable bonds is 9. The second kappa shape index (κ2) is 18.6. The molecule has 0 radical (unpaired) electrons. The zero-order chi connectivity index (χ0) is 41.1. The van der Waals surface area contributed by atoms with Crippen LogP contribution < -0.4 is 10.2 Å². The number of anilines is 1. The summed E-state index contributed by atoms with van der Waals surface area (Å²) < 4.78 is 0. The van der Waals surface area contributed by atoms with Gasteiger partial charge in [0.15, 0.2) is 0 Å². The minimum Gasteiger partial charge on any atom is -0.478 e. The van der Waals surface area contributed by atoms with Gasteiger partial charge in [0.25, 0.3) is 0 Å². The lowest BCUT2D eigenvalue weighted by molar-refractivity contribution is 0.0685. The van der Waals surface area contributed by atoms with Crippen LogP contribution in [0.2, 0.25) is 5.15 Å². The number of aromatic carboxylic acids is 2. The van der Waals surface area contributed by atoms with Gasteiger partial charge in [0.2, 0.25) is 0 Å². The molecule has 6 heterocycles. The van der Waals surface area contributed by atoms with Crippen LogP contribution in [0.25, 0.3) is 20.4 Å². The van der Waals surface area contributed by atoms with Crippen LogP contribution in [0.15, 0.2) is 73.3 Å². The van der Waals surface area contributed by atoms with Crippen LogP contribution in [0.1, 0.15) is 101 Å². The maximum atomic E-state index is 11.0. The number of halogens is 1. The fourth-order valence-corrected chi connectivity index (χ4v) is 11.9. The molecule has 0 bridgehead atoms. The van der Waals surface area contributed by atoms with E-state index in [1.54, 1.807) is 53.3 Å². The molecule has 2 saturated heterocycles. The van der Waals surface area contributed by atoms with Crippen LogP contribution in [0, 0.1) is 22.7 Å². The first-order valence-electron chi connectivity index (χ1n) is 20.8. The van der Waals surface area contributed by atoms with Crippen molar-refractivity contribution in [3.63, 3.8) is 0 Å². The van der Waals surface area contributed by atoms with Crippen LogP contribution in [0.4, 0.5) is 5.82 Å². The van der Waals surface area contributed by atoms with E-state index in [0.717, 1.165) is 65.6 Å². The van der Waals surface area contributed by atoms with Crippen molar-refractivity contribution in [1.82, 2.24) is 25.3 Å². The standard InChI is InChI=1S/C23H25N3O2S.C15H19NO2.C8H7ClN2S.CH4/c1-2-18-10-19-20(24-14-25-21(19)29-18)26-8-7-23(13-26)11-16(12-23)9-15-3-5-17(6-4-15)22(27)28;17-14(18)13-3-1-11(2-4-13)7-12-8-15(9-12)5-6-16-10-15;1-2-5-3-6-7(9)10-4-11-8(6)12-5;/h3-6,10,14,16H,2,7-9,11-13H2,1H3,(H,27,28);1-4,12,16H,5-10H2,(H,17,18);3-4H,2H2,1H3;1H4. The maximum absolute atomic E-state index is 11.0. The lowest BCUT2D eigenvalue weighted by atomic mass is 9.60. The minimum absolute atomic E-state index is 0. The van der Waals surface area contributed by atoms with Crippen LogP contribution in [-0.2, 0) is 25.7 Å². The van der Waals surface area contributed by atoms with Crippen LogP contribution in [0.3, 0.4) is 0 Å². The van der Waals surface area contributed by atoms with Crippen molar-refractivity contribution in [1.29, 1.82) is 0 Å². The Bertz CT molecular complexity index is 2410. The van der Waals surface area contributed by atoms with Crippen LogP contribution in [-0.4, -0.2) is 68.3 Å². The Morgan fingerprint density at radius 1 is 0.750 bits per heavy atom. The monoisotopic (exact) mass is 866 g/mol. The molecular formula is C47H55ClN6O4S2. The van der Waals surface area contributed by atoms with Crippen molar-refractivity contribution in [3.05, 3.63) is 110 Å². The molecule has 4 aromatic heterocycles. The van der Waals surface area contributed by atoms with Gasteiger partial charge in [-0.3, -0.25) is 0 Å². The number of hydrogen-bond acceptors (Lipinski definition) is 10. The van der Waals surface area contributed by atoms with Gasteiger partial charge in [0.1, 0.15) is 33.3 Å². The second-order valence-corrected chi connectivity index (χ2v) is 19.6. The topological polar surface area (TPSA) is 141 Å². The van der Waals surface area contributed by atoms with Crippen molar-refractivity contribution in [2.45, 2.75) is 85.5 Å². The number of nitrogens with zero attached hydrogens (tertiary/aromatic N) is 5. The Balaban J connectivity index is 0.000000149. The molecular weight excluding hydrogens is 812 g/mol. The fourth-order valence-electron chi connectivity index (χ4n) is 9.82. The number of aromatic nitrogens is 4. The van der Waals surface area contributed by atoms with Crippen LogP contribution in [0.5, 0.6) is 0 Å². The number of nitrogens with one attached hydrogen (secondary N) is 1. The summed E-state index contributed by atoms with van der Waals surface area (Å²) in [4.78, 5) is 46.1. The van der Waals surface area contributed by atoms with Gasteiger partial charge in [-0.05, 0) is 141 Å². The number of hydrogen-bond donors (Lipinski definition) is 3. The van der Waals surface area contributed by atoms with E-state index in [9.17, 15) is 9.59 Å². The number of aryl methyl sites for hydroxylation is 2. The third-order valence-corrected chi connectivity index (χ3v) is 15.5. The summed E-state index contributed by atoms with van der Waals surface area (Å²) >= 11 is 9.34. The molecule has 3 N–H and O–H groups in total. The smallest absolute Gasteiger partial charge is 0.335 e. The second-order valence-electron chi connectivity index (χ2n) is 17.0. The minimum atomic E-state index is -0.860. The zero-order valence-corrected chi connectivity index (χ0v) is 36.0. The van der Waals surface area contributed by atoms with Gasteiger partial charge in [0.05, 0.1) is 16.5 Å². The van der Waals surface area contributed by atoms with Gasteiger partial charge in [-0.1, -0.05) is 57.1 Å². The first-order chi connectivity index (χ1) is 28.5. The predicted octanol–water partition coefficient (Wildman–Crippen LogP) is 10.7. The van der Waals surface area contributed by atoms with E-state index >= 15 is 0 Å². The normalized spacial score (nSPS) is 22.7. The molecule has 13 heteroatoms. The average Bonchev–Trinajstić information content (AvgIpc) is 4.04. The van der Waals surface area contributed by atoms with E-state index in [1.807, 2.05) is 24.3 Å². The summed E-state index contributed by atoms with van der Waals surface area (Å²) in [5, 5.41) is 24.1. The van der Waals surface area contributed by atoms with Crippen molar-refractivity contribution >= 4 is 72.5 Å². The molecule has 0 atom stereocenters. The molecule has 4 fully saturated rings. The van der Waals surface area contributed by atoms with Gasteiger partial charge in [-0.25, -0.2) is 29.5 Å². The number of benzene rings is 2. The number of thiophene rings is 2. The highest BCUT2D eigenvalue weighted by Crippen LogP contribution is 2.54. The largest absolute Gasteiger partial charge is 0.478 e. The van der Waals surface area contributed by atoms with E-state index in [1.165, 1.54) is 84.2 Å². The molecule has 60 heavy (non-hydrogen) atoms. The molecule has 316 valence electrons. The molecule has 6 aromatic rings. The van der Waals surface area contributed by atoms with Gasteiger partial charge >= 0.3 is 11.9 Å². The molecule has 10 nitrogen and oxygen atoms in total. The highest BCUT2D eigenvalue weighted by atomic mass is 35.5. The van der Waals surface area contributed by atoms with E-state index in [-0.39, 0.29) is 7.43 Å². The number of fused-ring (bicyclic) bond motifs is 2. The van der Waals surface area contributed by atoms with E-state index in [4.69, 9.17) is 21.8 Å². The van der Waals surface area contributed by atoms with Gasteiger partial charge < -0.3 is 20.4 Å². The van der Waals surface area contributed by atoms with Crippen molar-refractivity contribution < 1.29 is 19.8 Å². The summed E-state index contributed by atoms with van der Waals surface area (Å²) in [5.74, 6) is 0.891. The molecule has 2 saturated carbocycles. The number of carboxylic acid groups (broad SMARTS) is 2. The Morgan fingerprint density at radius 2 is 1.27 bits per heavy atom. The van der Waals surface area contributed by atoms with Crippen LogP contribution >= 0.6 is 34.3 Å². The Hall–Kier alpha value is -4.49. The lowest BCUT2D eigenvalue weighted by Gasteiger charge is -2.45. The Kier molecular flexibility index (Phi) is 13.5. The maximum Gasteiger partial charge on any atom is 0.335 e. The summed E-state index contributed by atoms with van der Waals surface area (Å²) in [7, 11) is 0. The highest BCUT2D eigenvalue weighted by Gasteiger charge is 2.49. The fraction of sp³-hybridized carbons (Fsp3) is 0.447. The molecule has 2 aliphatic carbocycles. The SMILES string of the molecule is C.CCc1cc2c(Cl)ncnc2s1.CCc1cc2c(N3CCC4(CC(Cc5ccc(C(=O)O)cc5)C4)C3)ncnc2s1.O=C(O)c1ccc(CC2CC3(CCNC3)C2)cc1. The third kappa shape index (κ3) is 9.67. The zero-order valence-electron chi connectivity index (χ0n) is 33.6. The van der Waals surface area contributed by atoms with E-state index < -0.39 is 11.9 Å². The van der Waals surface area contributed by atoms with E-state index in [2.05, 4.69) is 56.1 Å². The molecule has 2 aliphatic heterocycles.